The topological polar surface area (TPSA) is 67.0 Å². The number of aromatic amines is 1. The summed E-state index contributed by atoms with van der Waals surface area (Å²) in [6.07, 6.45) is 3.21. The molecule has 0 saturated heterocycles. The van der Waals surface area contributed by atoms with Crippen LogP contribution in [0.5, 0.6) is 5.75 Å². The standard InChI is InChI=1S/C21H25N3O2S/c1-12-4-9-16-17(10-12)27-21-18(16)20(25)23-19(24-21)13(2)22-11-14-5-7-15(26-3)8-6-14/h5-8,12-13,22H,4,9-11H2,1-3H3,(H,23,24,25)/t12-,13+/m1/s1. The van der Waals surface area contributed by atoms with Gasteiger partial charge in [0.1, 0.15) is 16.4 Å². The summed E-state index contributed by atoms with van der Waals surface area (Å²) in [6.45, 7) is 5.01. The molecule has 0 unspecified atom stereocenters. The molecular weight excluding hydrogens is 358 g/mol. The molecule has 0 radical (unpaired) electrons. The number of benzene rings is 1. The van der Waals surface area contributed by atoms with Gasteiger partial charge in [0, 0.05) is 11.4 Å². The first-order chi connectivity index (χ1) is 13.0. The first kappa shape index (κ1) is 18.2. The van der Waals surface area contributed by atoms with Crippen LogP contribution in [0.1, 0.15) is 48.1 Å². The predicted molar refractivity (Wildman–Crippen MR) is 110 cm³/mol. The minimum absolute atomic E-state index is 0.000139. The largest absolute Gasteiger partial charge is 0.497 e. The third kappa shape index (κ3) is 3.64. The molecule has 0 spiro atoms. The van der Waals surface area contributed by atoms with E-state index in [0.717, 1.165) is 40.8 Å². The molecule has 2 N–H and O–H groups in total. The summed E-state index contributed by atoms with van der Waals surface area (Å²) < 4.78 is 5.19. The van der Waals surface area contributed by atoms with Crippen LogP contribution in [0.15, 0.2) is 29.1 Å². The van der Waals surface area contributed by atoms with Crippen molar-refractivity contribution in [1.29, 1.82) is 0 Å². The Hall–Kier alpha value is -2.18. The third-order valence-corrected chi connectivity index (χ3v) is 6.51. The van der Waals surface area contributed by atoms with Crippen LogP contribution >= 0.6 is 11.3 Å². The highest BCUT2D eigenvalue weighted by atomic mass is 32.1. The molecule has 0 saturated carbocycles. The molecule has 0 bridgehead atoms. The van der Waals surface area contributed by atoms with Crippen LogP contribution in [0.25, 0.3) is 10.2 Å². The predicted octanol–water partition coefficient (Wildman–Crippen LogP) is 3.97. The number of nitrogens with one attached hydrogen (secondary N) is 2. The maximum atomic E-state index is 12.7. The van der Waals surface area contributed by atoms with Crippen molar-refractivity contribution in [2.24, 2.45) is 5.92 Å². The van der Waals surface area contributed by atoms with Crippen LogP contribution in [-0.2, 0) is 19.4 Å². The van der Waals surface area contributed by atoms with Crippen molar-refractivity contribution in [2.45, 2.75) is 45.7 Å². The molecule has 1 aliphatic carbocycles. The number of nitrogens with zero attached hydrogens (tertiary/aromatic N) is 1. The van der Waals surface area contributed by atoms with Crippen LogP contribution < -0.4 is 15.6 Å². The van der Waals surface area contributed by atoms with Crippen molar-refractivity contribution in [3.8, 4) is 5.75 Å². The highest BCUT2D eigenvalue weighted by Crippen LogP contribution is 2.35. The number of hydrogen-bond acceptors (Lipinski definition) is 5. The number of aryl methyl sites for hydroxylation is 1. The Kier molecular flexibility index (Phi) is 5.02. The van der Waals surface area contributed by atoms with Gasteiger partial charge in [-0.15, -0.1) is 11.3 Å². The minimum atomic E-state index is -0.0396. The number of rotatable bonds is 5. The van der Waals surface area contributed by atoms with E-state index >= 15 is 0 Å². The van der Waals surface area contributed by atoms with Gasteiger partial charge in [-0.1, -0.05) is 19.1 Å². The summed E-state index contributed by atoms with van der Waals surface area (Å²) >= 11 is 1.69. The summed E-state index contributed by atoms with van der Waals surface area (Å²) in [4.78, 5) is 22.8. The highest BCUT2D eigenvalue weighted by Gasteiger charge is 2.23. The Labute approximate surface area is 162 Å². The van der Waals surface area contributed by atoms with E-state index in [-0.39, 0.29) is 11.6 Å². The van der Waals surface area contributed by atoms with Crippen LogP contribution in [-0.4, -0.2) is 17.1 Å². The molecule has 3 aromatic rings. The summed E-state index contributed by atoms with van der Waals surface area (Å²) in [6, 6.07) is 7.93. The smallest absolute Gasteiger partial charge is 0.259 e. The zero-order valence-electron chi connectivity index (χ0n) is 16.0. The SMILES string of the molecule is COc1ccc(CN[C@@H](C)c2nc3sc4c(c3c(=O)[nH]2)CC[C@@H](C)C4)cc1. The van der Waals surface area contributed by atoms with Crippen LogP contribution in [0.2, 0.25) is 0 Å². The number of ether oxygens (including phenoxy) is 1. The van der Waals surface area contributed by atoms with E-state index in [1.165, 1.54) is 10.4 Å². The molecule has 2 heterocycles. The Balaban J connectivity index is 1.55. The maximum Gasteiger partial charge on any atom is 0.259 e. The monoisotopic (exact) mass is 383 g/mol. The van der Waals surface area contributed by atoms with Crippen molar-refractivity contribution in [3.05, 3.63) is 56.4 Å². The van der Waals surface area contributed by atoms with Gasteiger partial charge in [0.15, 0.2) is 0 Å². The zero-order valence-corrected chi connectivity index (χ0v) is 16.8. The molecule has 142 valence electrons. The second-order valence-corrected chi connectivity index (χ2v) is 8.52. The molecule has 2 atom stereocenters. The quantitative estimate of drug-likeness (QED) is 0.700. The summed E-state index contributed by atoms with van der Waals surface area (Å²) in [5.74, 6) is 2.24. The van der Waals surface area contributed by atoms with Gasteiger partial charge in [0.2, 0.25) is 0 Å². The van der Waals surface area contributed by atoms with E-state index in [9.17, 15) is 4.79 Å². The average molecular weight is 384 g/mol. The van der Waals surface area contributed by atoms with Gasteiger partial charge >= 0.3 is 0 Å². The average Bonchev–Trinajstić information content (AvgIpc) is 3.04. The van der Waals surface area contributed by atoms with Gasteiger partial charge in [-0.25, -0.2) is 4.98 Å². The van der Waals surface area contributed by atoms with E-state index in [0.29, 0.717) is 18.3 Å². The van der Waals surface area contributed by atoms with Crippen molar-refractivity contribution in [3.63, 3.8) is 0 Å². The normalized spacial score (nSPS) is 17.7. The molecule has 0 amide bonds. The van der Waals surface area contributed by atoms with E-state index in [1.54, 1.807) is 18.4 Å². The maximum absolute atomic E-state index is 12.7. The van der Waals surface area contributed by atoms with Gasteiger partial charge in [0.25, 0.3) is 5.56 Å². The first-order valence-corrected chi connectivity index (χ1v) is 10.3. The van der Waals surface area contributed by atoms with Crippen molar-refractivity contribution in [2.75, 3.05) is 7.11 Å². The Morgan fingerprint density at radius 2 is 2.15 bits per heavy atom. The van der Waals surface area contributed by atoms with Crippen LogP contribution in [0.4, 0.5) is 0 Å². The molecule has 0 aliphatic heterocycles. The second kappa shape index (κ2) is 7.44. The number of aromatic nitrogens is 2. The summed E-state index contributed by atoms with van der Waals surface area (Å²) in [7, 11) is 1.66. The molecule has 1 aromatic carbocycles. The van der Waals surface area contributed by atoms with Crippen LogP contribution in [0, 0.1) is 5.92 Å². The molecule has 1 aliphatic rings. The van der Waals surface area contributed by atoms with E-state index in [4.69, 9.17) is 9.72 Å². The fourth-order valence-corrected chi connectivity index (χ4v) is 5.07. The van der Waals surface area contributed by atoms with Crippen LogP contribution in [0.3, 0.4) is 0 Å². The molecule has 6 heteroatoms. The number of thiophene rings is 1. The highest BCUT2D eigenvalue weighted by molar-refractivity contribution is 7.18. The molecule has 0 fully saturated rings. The van der Waals surface area contributed by atoms with Crippen molar-refractivity contribution >= 4 is 21.6 Å². The molecule has 4 rings (SSSR count). The first-order valence-electron chi connectivity index (χ1n) is 9.46. The summed E-state index contributed by atoms with van der Waals surface area (Å²) in [5, 5.41) is 4.26. The van der Waals surface area contributed by atoms with E-state index in [2.05, 4.69) is 17.2 Å². The number of methoxy groups -OCH3 is 1. The molecular formula is C21H25N3O2S. The van der Waals surface area contributed by atoms with Gasteiger partial charge in [0.05, 0.1) is 18.5 Å². The van der Waals surface area contributed by atoms with Gasteiger partial charge in [-0.2, -0.15) is 0 Å². The molecule has 27 heavy (non-hydrogen) atoms. The van der Waals surface area contributed by atoms with E-state index in [1.807, 2.05) is 31.2 Å². The second-order valence-electron chi connectivity index (χ2n) is 7.43. The van der Waals surface area contributed by atoms with Crippen molar-refractivity contribution in [1.82, 2.24) is 15.3 Å². The molecule has 2 aromatic heterocycles. The van der Waals surface area contributed by atoms with Gasteiger partial charge < -0.3 is 15.0 Å². The van der Waals surface area contributed by atoms with Gasteiger partial charge in [-0.3, -0.25) is 4.79 Å². The van der Waals surface area contributed by atoms with E-state index < -0.39 is 0 Å². The third-order valence-electron chi connectivity index (χ3n) is 5.37. The fourth-order valence-electron chi connectivity index (χ4n) is 3.68. The lowest BCUT2D eigenvalue weighted by Crippen LogP contribution is -2.23. The minimum Gasteiger partial charge on any atom is -0.497 e. The zero-order chi connectivity index (χ0) is 19.0. The lowest BCUT2D eigenvalue weighted by Gasteiger charge is -2.17. The Morgan fingerprint density at radius 1 is 1.37 bits per heavy atom. The van der Waals surface area contributed by atoms with Crippen molar-refractivity contribution < 1.29 is 4.74 Å². The number of fused-ring (bicyclic) bond motifs is 3. The lowest BCUT2D eigenvalue weighted by molar-refractivity contribution is 0.414. The lowest BCUT2D eigenvalue weighted by atomic mass is 9.89. The fraction of sp³-hybridized carbons (Fsp3) is 0.429. The Morgan fingerprint density at radius 3 is 2.89 bits per heavy atom. The number of hydrogen-bond donors (Lipinski definition) is 2. The molecule has 5 nitrogen and oxygen atoms in total. The summed E-state index contributed by atoms with van der Waals surface area (Å²) in [5.41, 5.74) is 2.39. The van der Waals surface area contributed by atoms with Gasteiger partial charge in [-0.05, 0) is 55.4 Å². The number of H-pyrrole nitrogens is 1. The Bertz CT molecular complexity index is 1010.